The molecule has 0 bridgehead atoms. The number of alkyl halides is 7. The normalized spacial score (nSPS) is 18.8. The van der Waals surface area contributed by atoms with Crippen LogP contribution in [0.4, 0.5) is 26.3 Å². The molecule has 11 heteroatoms. The molecule has 2 aliphatic carbocycles. The zero-order valence-corrected chi connectivity index (χ0v) is 20.6. The molecule has 0 heterocycles. The van der Waals surface area contributed by atoms with E-state index < -0.39 is 32.1 Å². The molecular weight excluding hydrogens is 571 g/mol. The Morgan fingerprint density at radius 2 is 1.09 bits per heavy atom. The molecule has 32 heavy (non-hydrogen) atoms. The maximum Gasteiger partial charge on any atom is 0.573 e. The van der Waals surface area contributed by atoms with Crippen LogP contribution in [0, 0.1) is 0 Å². The fraction of sp³-hybridized carbons (Fsp3) is 0.714. The van der Waals surface area contributed by atoms with Crippen LogP contribution in [-0.4, -0.2) is 28.4 Å². The van der Waals surface area contributed by atoms with Gasteiger partial charge >= 0.3 is 47.9 Å². The molecule has 187 valence electrons. The van der Waals surface area contributed by atoms with Crippen LogP contribution in [-0.2, 0) is 19.2 Å². The first-order valence-electron chi connectivity index (χ1n) is 10.5. The van der Waals surface area contributed by atoms with Crippen molar-refractivity contribution in [1.82, 2.24) is 0 Å². The summed E-state index contributed by atoms with van der Waals surface area (Å²) < 4.78 is 85.2. The van der Waals surface area contributed by atoms with Gasteiger partial charge in [0.2, 0.25) is 0 Å². The summed E-state index contributed by atoms with van der Waals surface area (Å²) in [5, 5.41) is 0.528. The molecule has 1 aromatic carbocycles. The van der Waals surface area contributed by atoms with E-state index in [4.69, 9.17) is 11.6 Å². The molecule has 2 saturated carbocycles. The van der Waals surface area contributed by atoms with Gasteiger partial charge < -0.3 is 9.47 Å². The second-order valence-electron chi connectivity index (χ2n) is 7.83. The maximum absolute atomic E-state index is 12.8. The van der Waals surface area contributed by atoms with Crippen molar-refractivity contribution in [1.29, 1.82) is 0 Å². The van der Waals surface area contributed by atoms with Crippen LogP contribution in [0.1, 0.15) is 64.2 Å². The minimum Gasteiger partial charge on any atom is -0.406 e. The molecule has 0 spiro atoms. The van der Waals surface area contributed by atoms with Crippen LogP contribution in [0.2, 0.25) is 0 Å². The summed E-state index contributed by atoms with van der Waals surface area (Å²) in [5.74, 6) is -1.29. The van der Waals surface area contributed by atoms with Crippen LogP contribution >= 0.6 is 19.5 Å². The van der Waals surface area contributed by atoms with E-state index in [0.29, 0.717) is 27.0 Å². The van der Waals surface area contributed by atoms with Gasteiger partial charge in [0.05, 0.1) is 0 Å². The van der Waals surface area contributed by atoms with Crippen molar-refractivity contribution in [3.63, 3.8) is 0 Å². The van der Waals surface area contributed by atoms with E-state index >= 15 is 0 Å². The first kappa shape index (κ1) is 28.0. The smallest absolute Gasteiger partial charge is 0.406 e. The third-order valence-corrected chi connectivity index (χ3v) is 9.03. The Kier molecular flexibility index (Phi) is 11.4. The van der Waals surface area contributed by atoms with Gasteiger partial charge in [0.15, 0.2) is 0 Å². The quantitative estimate of drug-likeness (QED) is 0.148. The van der Waals surface area contributed by atoms with Crippen molar-refractivity contribution >= 4 is 24.8 Å². The number of ether oxygens (including phenoxy) is 2. The average Bonchev–Trinajstić information content (AvgIpc) is 2.68. The molecule has 2 aliphatic rings. The molecule has 1 aromatic rings. The van der Waals surface area contributed by atoms with Crippen LogP contribution in [0.15, 0.2) is 18.2 Å². The van der Waals surface area contributed by atoms with Crippen LogP contribution < -0.4 is 14.8 Å². The van der Waals surface area contributed by atoms with Gasteiger partial charge in [-0.1, -0.05) is 46.4 Å². The molecule has 0 N–H and O–H groups in total. The minimum atomic E-state index is -4.98. The van der Waals surface area contributed by atoms with E-state index in [-0.39, 0.29) is 0 Å². The molecule has 0 aromatic heterocycles. The maximum atomic E-state index is 12.8. The Morgan fingerprint density at radius 1 is 0.750 bits per heavy atom. The number of halogens is 7. The molecule has 0 saturated heterocycles. The SMILES string of the molecule is Cl[CH2][Pd].FC(F)(F)Oc1cc(OC(F)(F)F)cc(P(C2CCCCC2)C2CCCCC2)c1. The predicted octanol–water partition coefficient (Wildman–Crippen LogP) is 7.99. The van der Waals surface area contributed by atoms with Crippen molar-refractivity contribution in [3.05, 3.63) is 18.2 Å². The van der Waals surface area contributed by atoms with Crippen molar-refractivity contribution in [3.8, 4) is 11.5 Å². The molecule has 2 nitrogen and oxygen atoms in total. The number of rotatable bonds is 5. The second-order valence-corrected chi connectivity index (χ2v) is 12.0. The Bertz CT molecular complexity index is 640. The van der Waals surface area contributed by atoms with E-state index in [2.05, 4.69) is 28.7 Å². The molecule has 0 radical (unpaired) electrons. The Hall–Kier alpha value is -0.218. The van der Waals surface area contributed by atoms with E-state index in [9.17, 15) is 26.3 Å². The average molecular weight is 598 g/mol. The third-order valence-electron chi connectivity index (χ3n) is 5.57. The molecule has 2 fully saturated rings. The third kappa shape index (κ3) is 9.96. The van der Waals surface area contributed by atoms with Crippen LogP contribution in [0.3, 0.4) is 0 Å². The summed E-state index contributed by atoms with van der Waals surface area (Å²) in [6, 6.07) is 3.23. The molecule has 0 aliphatic heterocycles. The van der Waals surface area contributed by atoms with Gasteiger partial charge in [-0.15, -0.1) is 26.3 Å². The van der Waals surface area contributed by atoms with Gasteiger partial charge in [-0.2, -0.15) is 0 Å². The van der Waals surface area contributed by atoms with E-state index in [1.165, 1.54) is 12.1 Å². The van der Waals surface area contributed by atoms with Crippen molar-refractivity contribution in [2.24, 2.45) is 0 Å². The Balaban J connectivity index is 0.00000114. The zero-order valence-electron chi connectivity index (χ0n) is 17.4. The summed E-state index contributed by atoms with van der Waals surface area (Å²) >= 11 is 7.64. The topological polar surface area (TPSA) is 18.5 Å². The fourth-order valence-electron chi connectivity index (χ4n) is 4.53. The Labute approximate surface area is 201 Å². The summed E-state index contributed by atoms with van der Waals surface area (Å²) in [4.78, 5) is 0. The summed E-state index contributed by atoms with van der Waals surface area (Å²) in [6.07, 6.45) is 0.421. The molecule has 0 amide bonds. The monoisotopic (exact) mass is 597 g/mol. The van der Waals surface area contributed by atoms with Crippen LogP contribution in [0.25, 0.3) is 0 Å². The predicted molar refractivity (Wildman–Crippen MR) is 111 cm³/mol. The second kappa shape index (κ2) is 13.0. The van der Waals surface area contributed by atoms with Gasteiger partial charge in [0.1, 0.15) is 11.5 Å². The summed E-state index contributed by atoms with van der Waals surface area (Å²) in [7, 11) is -0.902. The Morgan fingerprint density at radius 3 is 1.41 bits per heavy atom. The zero-order chi connectivity index (χ0) is 23.8. The van der Waals surface area contributed by atoms with E-state index in [1.54, 1.807) is 0 Å². The largest absolute Gasteiger partial charge is 0.573 e. The number of hydrogen-bond donors (Lipinski definition) is 0. The van der Waals surface area contributed by atoms with Crippen molar-refractivity contribution < 1.29 is 55.0 Å². The van der Waals surface area contributed by atoms with Gasteiger partial charge in [-0.05, 0) is 54.4 Å². The van der Waals surface area contributed by atoms with Gasteiger partial charge in [-0.3, -0.25) is 0 Å². The van der Waals surface area contributed by atoms with E-state index in [1.807, 2.05) is 0 Å². The standard InChI is InChI=1S/C20H25F6O2P.CH2Cl.Pd/c21-19(22,23)27-14-11-15(28-20(24,25)26)13-18(12-14)29(16-7-3-1-4-8-16)17-9-5-2-6-10-17;1-2;/h11-13,16-17H,1-10H2;1H2;. The van der Waals surface area contributed by atoms with Crippen LogP contribution in [0.5, 0.6) is 11.5 Å². The van der Waals surface area contributed by atoms with E-state index in [0.717, 1.165) is 64.2 Å². The fourth-order valence-corrected chi connectivity index (χ4v) is 8.36. The summed E-state index contributed by atoms with van der Waals surface area (Å²) in [5.41, 5.74) is 0.642. The molecule has 3 rings (SSSR count). The number of benzene rings is 1. The summed E-state index contributed by atoms with van der Waals surface area (Å²) in [6.45, 7) is 0. The first-order valence-corrected chi connectivity index (χ1v) is 13.7. The van der Waals surface area contributed by atoms with Gasteiger partial charge in [0.25, 0.3) is 0 Å². The molecular formula is C21H27ClF6O2PPd. The van der Waals surface area contributed by atoms with Gasteiger partial charge in [-0.25, -0.2) is 0 Å². The first-order chi connectivity index (χ1) is 15.0. The minimum absolute atomic E-state index is 0.321. The molecule has 0 unspecified atom stereocenters. The number of hydrogen-bond acceptors (Lipinski definition) is 2. The molecule has 0 atom stereocenters. The van der Waals surface area contributed by atoms with Crippen molar-refractivity contribution in [2.45, 2.75) is 88.3 Å². The van der Waals surface area contributed by atoms with Crippen molar-refractivity contribution in [2.75, 3.05) is 4.35 Å². The van der Waals surface area contributed by atoms with Gasteiger partial charge in [0, 0.05) is 6.07 Å².